The van der Waals surface area contributed by atoms with Crippen molar-refractivity contribution >= 4 is 16.6 Å². The molecule has 20 heavy (non-hydrogen) atoms. The molecule has 0 aliphatic carbocycles. The van der Waals surface area contributed by atoms with E-state index in [4.69, 9.17) is 5.11 Å². The molecule has 0 atom stereocenters. The van der Waals surface area contributed by atoms with Gasteiger partial charge in [0.15, 0.2) is 0 Å². The maximum Gasteiger partial charge on any atom is 0.0705 e. The van der Waals surface area contributed by atoms with Gasteiger partial charge in [-0.1, -0.05) is 30.3 Å². The van der Waals surface area contributed by atoms with Crippen LogP contribution >= 0.6 is 0 Å². The lowest BCUT2D eigenvalue weighted by Crippen LogP contribution is -2.00. The monoisotopic (exact) mass is 264 g/mol. The number of hydrogen-bond acceptors (Lipinski definition) is 3. The zero-order valence-corrected chi connectivity index (χ0v) is 11.1. The van der Waals surface area contributed by atoms with E-state index in [9.17, 15) is 0 Å². The van der Waals surface area contributed by atoms with Crippen molar-refractivity contribution in [1.29, 1.82) is 0 Å². The second kappa shape index (κ2) is 5.72. The van der Waals surface area contributed by atoms with Gasteiger partial charge in [0.1, 0.15) is 0 Å². The summed E-state index contributed by atoms with van der Waals surface area (Å²) in [5.41, 5.74) is 4.21. The molecule has 0 aliphatic heterocycles. The molecule has 0 saturated heterocycles. The van der Waals surface area contributed by atoms with Gasteiger partial charge in [-0.3, -0.25) is 4.98 Å². The number of nitrogens with zero attached hydrogens (tertiary/aromatic N) is 1. The molecule has 0 fully saturated rings. The second-order valence-electron chi connectivity index (χ2n) is 4.70. The Kier molecular flexibility index (Phi) is 3.61. The van der Waals surface area contributed by atoms with Crippen LogP contribution in [0.15, 0.2) is 60.8 Å². The van der Waals surface area contributed by atoms with E-state index in [1.165, 1.54) is 10.9 Å². The van der Waals surface area contributed by atoms with Gasteiger partial charge in [0, 0.05) is 23.8 Å². The third kappa shape index (κ3) is 2.63. The summed E-state index contributed by atoms with van der Waals surface area (Å²) in [4.78, 5) is 4.36. The summed E-state index contributed by atoms with van der Waals surface area (Å²) >= 11 is 0. The summed E-state index contributed by atoms with van der Waals surface area (Å²) in [6.07, 6.45) is 1.84. The predicted molar refractivity (Wildman–Crippen MR) is 81.4 cm³/mol. The Morgan fingerprint density at radius 2 is 1.75 bits per heavy atom. The molecule has 1 aromatic heterocycles. The lowest BCUT2D eigenvalue weighted by Gasteiger charge is -2.09. The molecule has 3 rings (SSSR count). The van der Waals surface area contributed by atoms with Crippen molar-refractivity contribution in [3.8, 4) is 0 Å². The largest absolute Gasteiger partial charge is 0.392 e. The minimum Gasteiger partial charge on any atom is -0.392 e. The summed E-state index contributed by atoms with van der Waals surface area (Å²) in [7, 11) is 0. The molecule has 0 spiro atoms. The van der Waals surface area contributed by atoms with Gasteiger partial charge in [0.25, 0.3) is 0 Å². The number of aromatic nitrogens is 1. The van der Waals surface area contributed by atoms with Crippen molar-refractivity contribution in [1.82, 2.24) is 4.98 Å². The zero-order valence-electron chi connectivity index (χ0n) is 11.1. The Labute approximate surface area is 117 Å². The Balaban J connectivity index is 1.79. The van der Waals surface area contributed by atoms with Crippen LogP contribution in [0.1, 0.15) is 11.1 Å². The van der Waals surface area contributed by atoms with Crippen molar-refractivity contribution in [3.05, 3.63) is 71.9 Å². The topological polar surface area (TPSA) is 45.1 Å². The molecule has 100 valence electrons. The highest BCUT2D eigenvalue weighted by atomic mass is 16.3. The molecule has 0 saturated carbocycles. The van der Waals surface area contributed by atoms with Crippen LogP contribution in [0.2, 0.25) is 0 Å². The number of para-hydroxylation sites is 1. The number of anilines is 1. The van der Waals surface area contributed by atoms with Crippen molar-refractivity contribution < 1.29 is 5.11 Å². The predicted octanol–water partition coefficient (Wildman–Crippen LogP) is 3.34. The lowest BCUT2D eigenvalue weighted by molar-refractivity contribution is 0.282. The van der Waals surface area contributed by atoms with Gasteiger partial charge in [0.2, 0.25) is 0 Å². The number of hydrogen-bond donors (Lipinski definition) is 2. The fourth-order valence-electron chi connectivity index (χ4n) is 2.23. The van der Waals surface area contributed by atoms with E-state index >= 15 is 0 Å². The maximum atomic E-state index is 9.03. The molecular formula is C17H16N2O. The van der Waals surface area contributed by atoms with Crippen LogP contribution in [-0.4, -0.2) is 10.1 Å². The molecule has 3 heteroatoms. The minimum atomic E-state index is 0.0786. The first kappa shape index (κ1) is 12.6. The van der Waals surface area contributed by atoms with E-state index in [0.29, 0.717) is 0 Å². The Morgan fingerprint density at radius 3 is 2.55 bits per heavy atom. The van der Waals surface area contributed by atoms with Crippen LogP contribution in [0.3, 0.4) is 0 Å². The number of aliphatic hydroxyl groups is 1. The van der Waals surface area contributed by atoms with E-state index in [0.717, 1.165) is 23.3 Å². The molecule has 0 amide bonds. The van der Waals surface area contributed by atoms with Crippen LogP contribution in [-0.2, 0) is 13.2 Å². The smallest absolute Gasteiger partial charge is 0.0705 e. The molecule has 0 bridgehead atoms. The molecular weight excluding hydrogens is 248 g/mol. The van der Waals surface area contributed by atoms with Crippen LogP contribution in [0.25, 0.3) is 10.9 Å². The molecule has 1 heterocycles. The third-order valence-electron chi connectivity index (χ3n) is 3.36. The van der Waals surface area contributed by atoms with Crippen LogP contribution in [0.5, 0.6) is 0 Å². The molecule has 2 N–H and O–H groups in total. The summed E-state index contributed by atoms with van der Waals surface area (Å²) in [6, 6.07) is 18.0. The van der Waals surface area contributed by atoms with Crippen molar-refractivity contribution in [3.63, 3.8) is 0 Å². The van der Waals surface area contributed by atoms with E-state index in [-0.39, 0.29) is 6.61 Å². The zero-order chi connectivity index (χ0) is 13.8. The fraction of sp³-hybridized carbons (Fsp3) is 0.118. The fourth-order valence-corrected chi connectivity index (χ4v) is 2.23. The Morgan fingerprint density at radius 1 is 0.950 bits per heavy atom. The van der Waals surface area contributed by atoms with Gasteiger partial charge >= 0.3 is 0 Å². The summed E-state index contributed by atoms with van der Waals surface area (Å²) in [5, 5.41) is 13.6. The second-order valence-corrected chi connectivity index (χ2v) is 4.70. The van der Waals surface area contributed by atoms with Crippen LogP contribution in [0, 0.1) is 0 Å². The van der Waals surface area contributed by atoms with Gasteiger partial charge in [0.05, 0.1) is 12.1 Å². The molecule has 3 nitrogen and oxygen atoms in total. The normalized spacial score (nSPS) is 10.7. The number of fused-ring (bicyclic) bond motifs is 1. The first-order valence-electron chi connectivity index (χ1n) is 6.63. The first-order chi connectivity index (χ1) is 9.86. The number of aliphatic hydroxyl groups excluding tert-OH is 1. The standard InChI is InChI=1S/C17H16N2O/c20-12-13-5-7-15(8-6-13)19-11-14-9-10-18-17-4-2-1-3-16(14)17/h1-10,19-20H,11-12H2. The highest BCUT2D eigenvalue weighted by Crippen LogP contribution is 2.18. The minimum absolute atomic E-state index is 0.0786. The summed E-state index contributed by atoms with van der Waals surface area (Å²) in [6.45, 7) is 0.830. The van der Waals surface area contributed by atoms with E-state index in [1.54, 1.807) is 0 Å². The summed E-state index contributed by atoms with van der Waals surface area (Å²) < 4.78 is 0. The average molecular weight is 264 g/mol. The van der Waals surface area contributed by atoms with Gasteiger partial charge in [-0.2, -0.15) is 0 Å². The van der Waals surface area contributed by atoms with Crippen LogP contribution in [0.4, 0.5) is 5.69 Å². The Bertz CT molecular complexity index is 702. The Hall–Kier alpha value is -2.39. The highest BCUT2D eigenvalue weighted by Gasteiger charge is 2.01. The number of pyridine rings is 1. The van der Waals surface area contributed by atoms with Crippen molar-refractivity contribution in [2.45, 2.75) is 13.2 Å². The SMILES string of the molecule is OCc1ccc(NCc2ccnc3ccccc23)cc1. The van der Waals surface area contributed by atoms with E-state index in [1.807, 2.05) is 54.7 Å². The third-order valence-corrected chi connectivity index (χ3v) is 3.36. The molecule has 0 unspecified atom stereocenters. The molecule has 2 aromatic carbocycles. The van der Waals surface area contributed by atoms with Gasteiger partial charge in [-0.05, 0) is 35.4 Å². The van der Waals surface area contributed by atoms with E-state index in [2.05, 4.69) is 16.4 Å². The first-order valence-corrected chi connectivity index (χ1v) is 6.63. The lowest BCUT2D eigenvalue weighted by atomic mass is 10.1. The number of benzene rings is 2. The number of nitrogens with one attached hydrogen (secondary N) is 1. The highest BCUT2D eigenvalue weighted by molar-refractivity contribution is 5.82. The maximum absolute atomic E-state index is 9.03. The van der Waals surface area contributed by atoms with Crippen molar-refractivity contribution in [2.24, 2.45) is 0 Å². The molecule has 3 aromatic rings. The molecule has 0 aliphatic rings. The summed E-state index contributed by atoms with van der Waals surface area (Å²) in [5.74, 6) is 0. The van der Waals surface area contributed by atoms with Gasteiger partial charge in [-0.25, -0.2) is 0 Å². The average Bonchev–Trinajstić information content (AvgIpc) is 2.53. The van der Waals surface area contributed by atoms with Crippen LogP contribution < -0.4 is 5.32 Å². The van der Waals surface area contributed by atoms with E-state index < -0.39 is 0 Å². The van der Waals surface area contributed by atoms with Gasteiger partial charge < -0.3 is 10.4 Å². The number of rotatable bonds is 4. The molecule has 0 radical (unpaired) electrons. The van der Waals surface area contributed by atoms with Crippen molar-refractivity contribution in [2.75, 3.05) is 5.32 Å². The van der Waals surface area contributed by atoms with Gasteiger partial charge in [-0.15, -0.1) is 0 Å². The quantitative estimate of drug-likeness (QED) is 0.759.